The number of non-ortho nitro benzene ring substituents is 1. The van der Waals surface area contributed by atoms with Crippen molar-refractivity contribution < 1.29 is 24.4 Å². The lowest BCUT2D eigenvalue weighted by atomic mass is 9.95. The van der Waals surface area contributed by atoms with E-state index >= 15 is 0 Å². The summed E-state index contributed by atoms with van der Waals surface area (Å²) in [6.45, 7) is 8.98. The summed E-state index contributed by atoms with van der Waals surface area (Å²) in [6.07, 6.45) is 0.855. The molecule has 3 rings (SSSR count). The first-order valence-electron chi connectivity index (χ1n) is 11.8. The van der Waals surface area contributed by atoms with Crippen molar-refractivity contribution in [2.45, 2.75) is 33.2 Å². The van der Waals surface area contributed by atoms with E-state index in [1.807, 2.05) is 20.8 Å². The summed E-state index contributed by atoms with van der Waals surface area (Å²) in [6, 6.07) is 11.5. The van der Waals surface area contributed by atoms with Gasteiger partial charge in [0.05, 0.1) is 23.1 Å². The summed E-state index contributed by atoms with van der Waals surface area (Å²) in [5.74, 6) is -1.14. The number of aliphatic hydroxyl groups excluding tert-OH is 1. The van der Waals surface area contributed by atoms with Crippen molar-refractivity contribution in [2.75, 3.05) is 32.8 Å². The highest BCUT2D eigenvalue weighted by molar-refractivity contribution is 6.46. The van der Waals surface area contributed by atoms with Crippen LogP contribution in [0.4, 0.5) is 5.69 Å². The van der Waals surface area contributed by atoms with E-state index < -0.39 is 22.7 Å². The molecule has 1 amide bonds. The Bertz CT molecular complexity index is 1090. The van der Waals surface area contributed by atoms with Gasteiger partial charge in [-0.2, -0.15) is 0 Å². The van der Waals surface area contributed by atoms with Crippen LogP contribution in [-0.4, -0.2) is 64.3 Å². The van der Waals surface area contributed by atoms with E-state index in [4.69, 9.17) is 4.74 Å². The fourth-order valence-electron chi connectivity index (χ4n) is 4.11. The van der Waals surface area contributed by atoms with Crippen LogP contribution in [0.2, 0.25) is 0 Å². The maximum atomic E-state index is 13.1. The molecular weight excluding hydrogens is 450 g/mol. The van der Waals surface area contributed by atoms with E-state index in [0.717, 1.165) is 19.5 Å². The molecule has 0 radical (unpaired) electrons. The molecule has 35 heavy (non-hydrogen) atoms. The van der Waals surface area contributed by atoms with Crippen molar-refractivity contribution in [1.29, 1.82) is 0 Å². The van der Waals surface area contributed by atoms with Crippen LogP contribution in [0, 0.1) is 10.1 Å². The van der Waals surface area contributed by atoms with E-state index in [-0.39, 0.29) is 23.6 Å². The molecule has 1 aliphatic heterocycles. The molecule has 2 aromatic rings. The Morgan fingerprint density at radius 3 is 2.23 bits per heavy atom. The number of likely N-dealkylation sites (N-methyl/N-ethyl adjacent to an activating group) is 1. The van der Waals surface area contributed by atoms with Gasteiger partial charge in [0.25, 0.3) is 17.4 Å². The highest BCUT2D eigenvalue weighted by Gasteiger charge is 2.46. The number of rotatable bonds is 11. The molecular formula is C26H31N3O6. The van der Waals surface area contributed by atoms with E-state index in [0.29, 0.717) is 30.0 Å². The van der Waals surface area contributed by atoms with Gasteiger partial charge in [-0.05, 0) is 61.5 Å². The van der Waals surface area contributed by atoms with Crippen LogP contribution in [-0.2, 0) is 9.59 Å². The van der Waals surface area contributed by atoms with Crippen LogP contribution in [0.3, 0.4) is 0 Å². The first kappa shape index (κ1) is 25.9. The molecule has 1 N–H and O–H groups in total. The third-order valence-corrected chi connectivity index (χ3v) is 6.11. The first-order chi connectivity index (χ1) is 16.8. The Morgan fingerprint density at radius 1 is 1.06 bits per heavy atom. The Labute approximate surface area is 204 Å². The summed E-state index contributed by atoms with van der Waals surface area (Å²) in [4.78, 5) is 40.4. The Morgan fingerprint density at radius 2 is 1.69 bits per heavy atom. The minimum Gasteiger partial charge on any atom is -0.507 e. The molecule has 2 aromatic carbocycles. The monoisotopic (exact) mass is 481 g/mol. The number of carbonyl (C=O) groups is 2. The minimum atomic E-state index is -0.859. The van der Waals surface area contributed by atoms with Gasteiger partial charge in [0, 0.05) is 30.8 Å². The highest BCUT2D eigenvalue weighted by Crippen LogP contribution is 2.39. The number of Topliss-reactive ketones (excluding diaryl/α,β-unsaturated/α-hetero) is 1. The normalized spacial score (nSPS) is 17.3. The summed E-state index contributed by atoms with van der Waals surface area (Å²) in [5, 5.41) is 22.3. The van der Waals surface area contributed by atoms with Crippen molar-refractivity contribution >= 4 is 23.1 Å². The molecule has 0 bridgehead atoms. The van der Waals surface area contributed by atoms with Crippen molar-refractivity contribution in [3.05, 3.63) is 75.3 Å². The lowest BCUT2D eigenvalue weighted by Gasteiger charge is -2.28. The molecule has 9 heteroatoms. The second-order valence-electron chi connectivity index (χ2n) is 8.24. The summed E-state index contributed by atoms with van der Waals surface area (Å²) in [7, 11) is 0. The van der Waals surface area contributed by atoms with Crippen molar-refractivity contribution in [3.63, 3.8) is 0 Å². The second kappa shape index (κ2) is 11.6. The van der Waals surface area contributed by atoms with Gasteiger partial charge in [-0.15, -0.1) is 0 Å². The number of benzene rings is 2. The largest absolute Gasteiger partial charge is 0.507 e. The molecule has 186 valence electrons. The van der Waals surface area contributed by atoms with Crippen LogP contribution >= 0.6 is 0 Å². The number of likely N-dealkylation sites (tertiary alicyclic amines) is 1. The molecule has 1 atom stereocenters. The van der Waals surface area contributed by atoms with Crippen LogP contribution in [0.1, 0.15) is 44.4 Å². The fraction of sp³-hybridized carbons (Fsp3) is 0.385. The summed E-state index contributed by atoms with van der Waals surface area (Å²) >= 11 is 0. The average Bonchev–Trinajstić information content (AvgIpc) is 3.13. The highest BCUT2D eigenvalue weighted by atomic mass is 16.6. The molecule has 1 heterocycles. The molecule has 9 nitrogen and oxygen atoms in total. The summed E-state index contributed by atoms with van der Waals surface area (Å²) < 4.78 is 5.58. The molecule has 1 unspecified atom stereocenters. The van der Waals surface area contributed by atoms with Gasteiger partial charge in [-0.3, -0.25) is 19.7 Å². The van der Waals surface area contributed by atoms with E-state index in [2.05, 4.69) is 4.90 Å². The van der Waals surface area contributed by atoms with Gasteiger partial charge in [0.2, 0.25) is 0 Å². The lowest BCUT2D eigenvalue weighted by molar-refractivity contribution is -0.384. The Hall–Kier alpha value is -3.72. The number of aliphatic hydroxyl groups is 1. The van der Waals surface area contributed by atoms with Crippen LogP contribution in [0.5, 0.6) is 5.75 Å². The number of nitro groups is 1. The van der Waals surface area contributed by atoms with Crippen molar-refractivity contribution in [1.82, 2.24) is 9.80 Å². The maximum Gasteiger partial charge on any atom is 0.295 e. The zero-order valence-corrected chi connectivity index (χ0v) is 20.3. The van der Waals surface area contributed by atoms with Gasteiger partial charge in [0.1, 0.15) is 11.5 Å². The molecule has 0 saturated carbocycles. The number of ketones is 1. The van der Waals surface area contributed by atoms with Crippen LogP contribution in [0.25, 0.3) is 5.76 Å². The molecule has 0 aliphatic carbocycles. The number of hydrogen-bond acceptors (Lipinski definition) is 7. The van der Waals surface area contributed by atoms with Gasteiger partial charge >= 0.3 is 0 Å². The zero-order valence-electron chi connectivity index (χ0n) is 20.3. The summed E-state index contributed by atoms with van der Waals surface area (Å²) in [5.41, 5.74) is 0.753. The number of nitrogens with zero attached hydrogens (tertiary/aromatic N) is 3. The number of carbonyl (C=O) groups excluding carboxylic acids is 2. The van der Waals surface area contributed by atoms with Crippen LogP contribution in [0.15, 0.2) is 54.1 Å². The number of nitro benzene ring substituents is 1. The lowest BCUT2D eigenvalue weighted by Crippen LogP contribution is -2.38. The van der Waals surface area contributed by atoms with E-state index in [1.165, 1.54) is 29.2 Å². The standard InChI is InChI=1S/C26H31N3O6/c1-4-17-35-21-13-9-19(10-14-21)24(30)22-23(18-7-11-20(12-8-18)29(33)34)28(26(32)25(22)31)16-15-27(5-2)6-3/h7-14,23,30H,4-6,15-17H2,1-3H3/b24-22+. The Balaban J connectivity index is 2.05. The van der Waals surface area contributed by atoms with Gasteiger partial charge in [0.15, 0.2) is 0 Å². The molecule has 0 spiro atoms. The van der Waals surface area contributed by atoms with Crippen molar-refractivity contribution in [3.8, 4) is 5.75 Å². The van der Waals surface area contributed by atoms with E-state index in [1.54, 1.807) is 24.3 Å². The van der Waals surface area contributed by atoms with Gasteiger partial charge in [-0.25, -0.2) is 0 Å². The molecule has 1 aliphatic rings. The maximum absolute atomic E-state index is 13.1. The Kier molecular flexibility index (Phi) is 8.59. The number of hydrogen-bond donors (Lipinski definition) is 1. The smallest absolute Gasteiger partial charge is 0.295 e. The van der Waals surface area contributed by atoms with Crippen LogP contribution < -0.4 is 4.74 Å². The van der Waals surface area contributed by atoms with E-state index in [9.17, 15) is 24.8 Å². The molecule has 1 fully saturated rings. The second-order valence-corrected chi connectivity index (χ2v) is 8.24. The predicted molar refractivity (Wildman–Crippen MR) is 132 cm³/mol. The molecule has 0 aromatic heterocycles. The molecule has 1 saturated heterocycles. The van der Waals surface area contributed by atoms with Gasteiger partial charge in [-0.1, -0.05) is 20.8 Å². The third kappa shape index (κ3) is 5.68. The average molecular weight is 482 g/mol. The fourth-order valence-corrected chi connectivity index (χ4v) is 4.11. The SMILES string of the molecule is CCCOc1ccc(/C(O)=C2\C(=O)C(=O)N(CCN(CC)CC)C2c2ccc([N+](=O)[O-])cc2)cc1. The number of amides is 1. The predicted octanol–water partition coefficient (Wildman–Crippen LogP) is 4.15. The zero-order chi connectivity index (χ0) is 25.5. The van der Waals surface area contributed by atoms with Gasteiger partial charge < -0.3 is 19.6 Å². The first-order valence-corrected chi connectivity index (χ1v) is 11.8. The van der Waals surface area contributed by atoms with Crippen molar-refractivity contribution in [2.24, 2.45) is 0 Å². The topological polar surface area (TPSA) is 113 Å². The number of ether oxygens (including phenoxy) is 1. The minimum absolute atomic E-state index is 0.0365. The quantitative estimate of drug-likeness (QED) is 0.169. The third-order valence-electron chi connectivity index (χ3n) is 6.11.